The molecule has 2 aromatic heterocycles. The molecule has 0 N–H and O–H groups in total. The lowest BCUT2D eigenvalue weighted by atomic mass is 9.69. The van der Waals surface area contributed by atoms with Gasteiger partial charge in [-0.25, -0.2) is 9.97 Å². The van der Waals surface area contributed by atoms with Gasteiger partial charge < -0.3 is 0 Å². The molecule has 0 unspecified atom stereocenters. The van der Waals surface area contributed by atoms with Gasteiger partial charge in [-0.3, -0.25) is 0 Å². The maximum atomic E-state index is 4.94. The summed E-state index contributed by atoms with van der Waals surface area (Å²) in [4.78, 5) is 12.3. The van der Waals surface area contributed by atoms with Gasteiger partial charge in [-0.2, -0.15) is 0 Å². The van der Waals surface area contributed by atoms with Gasteiger partial charge in [0, 0.05) is 21.2 Å². The molecule has 0 fully saturated rings. The topological polar surface area (TPSA) is 25.8 Å². The molecule has 1 aliphatic rings. The highest BCUT2D eigenvalue weighted by atomic mass is 32.1. The van der Waals surface area contributed by atoms with Gasteiger partial charge in [-0.05, 0) is 85.9 Å². The Balaban J connectivity index is 1.70. The molecular weight excluding hydrogens is 516 g/mol. The van der Waals surface area contributed by atoms with Crippen LogP contribution in [0.5, 0.6) is 0 Å². The van der Waals surface area contributed by atoms with Crippen molar-refractivity contribution in [2.45, 2.75) is 93.4 Å². The van der Waals surface area contributed by atoms with Crippen LogP contribution in [0.4, 0.5) is 0 Å². The molecule has 1 aliphatic carbocycles. The van der Waals surface area contributed by atoms with E-state index >= 15 is 0 Å². The molecule has 0 spiro atoms. The minimum atomic E-state index is -0.191. The van der Waals surface area contributed by atoms with Crippen LogP contribution in [0.2, 0.25) is 0 Å². The largest absolute Gasteiger partial charge is 0.236 e. The zero-order chi connectivity index (χ0) is 29.5. The third-order valence-electron chi connectivity index (χ3n) is 8.53. The maximum absolute atomic E-state index is 4.94. The van der Waals surface area contributed by atoms with Gasteiger partial charge in [0.25, 0.3) is 0 Å². The number of fused-ring (bicyclic) bond motifs is 3. The van der Waals surface area contributed by atoms with Crippen molar-refractivity contribution in [3.05, 3.63) is 82.7 Å². The fraction of sp³-hybridized carbons (Fsp3) is 0.421. The van der Waals surface area contributed by atoms with Crippen LogP contribution >= 0.6 is 11.3 Å². The minimum Gasteiger partial charge on any atom is -0.236 e. The quantitative estimate of drug-likeness (QED) is 0.218. The Labute approximate surface area is 250 Å². The van der Waals surface area contributed by atoms with Crippen molar-refractivity contribution < 1.29 is 0 Å². The first-order chi connectivity index (χ1) is 19.1. The summed E-state index contributed by atoms with van der Waals surface area (Å²) in [5.74, 6) is 0.414. The second kappa shape index (κ2) is 9.49. The monoisotopic (exact) mass is 560 g/mol. The van der Waals surface area contributed by atoms with Crippen molar-refractivity contribution in [1.82, 2.24) is 9.97 Å². The van der Waals surface area contributed by atoms with E-state index in [0.29, 0.717) is 5.92 Å². The molecule has 6 rings (SSSR count). The van der Waals surface area contributed by atoms with E-state index in [2.05, 4.69) is 118 Å². The summed E-state index contributed by atoms with van der Waals surface area (Å²) in [6.45, 7) is 23.7. The fourth-order valence-corrected chi connectivity index (χ4v) is 8.42. The number of benzene rings is 3. The van der Waals surface area contributed by atoms with Gasteiger partial charge in [0.1, 0.15) is 11.2 Å². The predicted octanol–water partition coefficient (Wildman–Crippen LogP) is 11.1. The van der Waals surface area contributed by atoms with Gasteiger partial charge in [-0.15, -0.1) is 11.3 Å². The van der Waals surface area contributed by atoms with Crippen molar-refractivity contribution >= 4 is 32.3 Å². The molecule has 3 heteroatoms. The van der Waals surface area contributed by atoms with E-state index in [4.69, 9.17) is 9.97 Å². The van der Waals surface area contributed by atoms with E-state index in [1.807, 2.05) is 11.3 Å². The normalized spacial score (nSPS) is 14.7. The molecule has 41 heavy (non-hydrogen) atoms. The van der Waals surface area contributed by atoms with Gasteiger partial charge in [0.05, 0.1) is 5.69 Å². The van der Waals surface area contributed by atoms with E-state index in [1.54, 1.807) is 6.33 Å². The van der Waals surface area contributed by atoms with E-state index in [0.717, 1.165) is 23.4 Å². The van der Waals surface area contributed by atoms with E-state index in [1.165, 1.54) is 60.0 Å². The molecule has 0 bridgehead atoms. The predicted molar refractivity (Wildman–Crippen MR) is 178 cm³/mol. The third-order valence-corrected chi connectivity index (χ3v) is 9.66. The molecule has 0 atom stereocenters. The first-order valence-corrected chi connectivity index (χ1v) is 15.9. The first kappa shape index (κ1) is 28.1. The minimum absolute atomic E-state index is 0.191. The van der Waals surface area contributed by atoms with E-state index < -0.39 is 0 Å². The Morgan fingerprint density at radius 1 is 0.805 bits per heavy atom. The summed E-state index contributed by atoms with van der Waals surface area (Å²) < 4.78 is 0. The van der Waals surface area contributed by atoms with Crippen molar-refractivity contribution in [2.24, 2.45) is 10.8 Å². The van der Waals surface area contributed by atoms with Gasteiger partial charge >= 0.3 is 0 Å². The van der Waals surface area contributed by atoms with E-state index in [9.17, 15) is 0 Å². The van der Waals surface area contributed by atoms with Gasteiger partial charge in [0.2, 0.25) is 0 Å². The number of rotatable bonds is 4. The van der Waals surface area contributed by atoms with E-state index in [-0.39, 0.29) is 16.2 Å². The van der Waals surface area contributed by atoms with Crippen LogP contribution in [0.15, 0.2) is 54.9 Å². The third kappa shape index (κ3) is 4.91. The van der Waals surface area contributed by atoms with Crippen LogP contribution in [0.3, 0.4) is 0 Å². The molecule has 0 aliphatic heterocycles. The maximum Gasteiger partial charge on any atom is 0.128 e. The number of nitrogens with zero attached hydrogens (tertiary/aromatic N) is 2. The summed E-state index contributed by atoms with van der Waals surface area (Å²) in [6.07, 6.45) is 3.89. The summed E-state index contributed by atoms with van der Waals surface area (Å²) >= 11 is 1.87. The molecular formula is C38H44N2S. The summed E-state index contributed by atoms with van der Waals surface area (Å²) in [7, 11) is 0. The van der Waals surface area contributed by atoms with Crippen molar-refractivity contribution in [1.29, 1.82) is 0 Å². The highest BCUT2D eigenvalue weighted by Crippen LogP contribution is 2.56. The lowest BCUT2D eigenvalue weighted by molar-refractivity contribution is 0.404. The zero-order valence-corrected chi connectivity index (χ0v) is 27.3. The number of aromatic nitrogens is 2. The second-order valence-corrected chi connectivity index (χ2v) is 16.4. The number of thiophene rings is 1. The lowest BCUT2D eigenvalue weighted by Crippen LogP contribution is -2.24. The van der Waals surface area contributed by atoms with Gasteiger partial charge in [-0.1, -0.05) is 106 Å². The Morgan fingerprint density at radius 3 is 2.10 bits per heavy atom. The van der Waals surface area contributed by atoms with Crippen molar-refractivity contribution in [3.8, 4) is 21.7 Å². The van der Waals surface area contributed by atoms with Crippen LogP contribution < -0.4 is 0 Å². The summed E-state index contributed by atoms with van der Waals surface area (Å²) in [6, 6.07) is 18.5. The molecule has 2 heterocycles. The van der Waals surface area contributed by atoms with Crippen LogP contribution in [0.1, 0.15) is 103 Å². The van der Waals surface area contributed by atoms with Crippen LogP contribution in [-0.4, -0.2) is 9.97 Å². The lowest BCUT2D eigenvalue weighted by Gasteiger charge is -2.34. The smallest absolute Gasteiger partial charge is 0.128 e. The molecule has 5 aromatic rings. The molecule has 0 amide bonds. The Hall–Kier alpha value is -3.04. The zero-order valence-electron chi connectivity index (χ0n) is 26.5. The molecule has 2 nitrogen and oxygen atoms in total. The molecule has 0 radical (unpaired) electrons. The number of hydrogen-bond acceptors (Lipinski definition) is 3. The standard InChI is InChI=1S/C38H44N2S/c1-22(2)30-26(20-37(6,7)8)15-23(19-36(3,4)5)16-28(30)34-32-31-33(39-21-40-35(31)41-34)27-17-24-13-11-12-14-25(24)18-29(27)38(32,9)10/h11-18,21-22H,19-20H2,1-10H3. The Bertz CT molecular complexity index is 1800. The summed E-state index contributed by atoms with van der Waals surface area (Å²) in [5, 5.41) is 3.79. The second-order valence-electron chi connectivity index (χ2n) is 15.4. The average molecular weight is 561 g/mol. The van der Waals surface area contributed by atoms with Crippen LogP contribution in [-0.2, 0) is 18.3 Å². The SMILES string of the molecule is CC(C)c1c(CC(C)(C)C)cc(CC(C)(C)C)cc1-c1sc2ncnc3c2c1C(C)(C)c1cc2ccccc2cc1-3. The first-order valence-electron chi connectivity index (χ1n) is 15.1. The Morgan fingerprint density at radius 2 is 1.46 bits per heavy atom. The molecule has 3 aromatic carbocycles. The van der Waals surface area contributed by atoms with Crippen LogP contribution in [0.25, 0.3) is 42.7 Å². The van der Waals surface area contributed by atoms with Crippen molar-refractivity contribution in [2.75, 3.05) is 0 Å². The highest BCUT2D eigenvalue weighted by Gasteiger charge is 2.39. The van der Waals surface area contributed by atoms with Crippen molar-refractivity contribution in [3.63, 3.8) is 0 Å². The fourth-order valence-electron chi connectivity index (χ4n) is 7.09. The summed E-state index contributed by atoms with van der Waals surface area (Å²) in [5.41, 5.74) is 11.1. The number of hydrogen-bond donors (Lipinski definition) is 0. The average Bonchev–Trinajstić information content (AvgIpc) is 3.25. The molecule has 212 valence electrons. The van der Waals surface area contributed by atoms with Crippen LogP contribution in [0, 0.1) is 10.8 Å². The molecule has 0 saturated carbocycles. The van der Waals surface area contributed by atoms with Gasteiger partial charge in [0.15, 0.2) is 0 Å². The highest BCUT2D eigenvalue weighted by molar-refractivity contribution is 7.22. The molecule has 0 saturated heterocycles. The Kier molecular flexibility index (Phi) is 6.50.